The molecule has 0 spiro atoms. The highest BCUT2D eigenvalue weighted by molar-refractivity contribution is 6.16. The van der Waals surface area contributed by atoms with Crippen LogP contribution in [0, 0.1) is 0 Å². The number of nitrogens with zero attached hydrogens (tertiary/aromatic N) is 2. The lowest BCUT2D eigenvalue weighted by Crippen LogP contribution is -2.19. The normalized spacial score (nSPS) is 13.5. The van der Waals surface area contributed by atoms with Crippen molar-refractivity contribution in [2.24, 2.45) is 0 Å². The van der Waals surface area contributed by atoms with E-state index < -0.39 is 0 Å². The number of aromatic nitrogens is 1. The summed E-state index contributed by atoms with van der Waals surface area (Å²) in [6.45, 7) is 11.7. The molecule has 57 heavy (non-hydrogen) atoms. The minimum Gasteiger partial charge on any atom is -0.309 e. The largest absolute Gasteiger partial charge is 0.309 e. The summed E-state index contributed by atoms with van der Waals surface area (Å²) in [5.74, 6) is 0. The Hall–Kier alpha value is -6.64. The van der Waals surface area contributed by atoms with Gasteiger partial charge in [0.25, 0.3) is 0 Å². The molecule has 276 valence electrons. The van der Waals surface area contributed by atoms with E-state index in [0.29, 0.717) is 0 Å². The van der Waals surface area contributed by atoms with E-state index in [0.717, 1.165) is 22.7 Å². The smallest absolute Gasteiger partial charge is 0.0550 e. The predicted molar refractivity (Wildman–Crippen MR) is 243 cm³/mol. The van der Waals surface area contributed by atoms with Crippen molar-refractivity contribution < 1.29 is 0 Å². The van der Waals surface area contributed by atoms with Crippen LogP contribution in [0.3, 0.4) is 0 Å². The summed E-state index contributed by atoms with van der Waals surface area (Å²) >= 11 is 0. The lowest BCUT2D eigenvalue weighted by Gasteiger charge is -2.30. The molecule has 1 aliphatic rings. The van der Waals surface area contributed by atoms with Gasteiger partial charge >= 0.3 is 0 Å². The van der Waals surface area contributed by atoms with Gasteiger partial charge in [0.05, 0.1) is 22.4 Å². The van der Waals surface area contributed by atoms with Crippen LogP contribution < -0.4 is 4.90 Å². The van der Waals surface area contributed by atoms with Crippen molar-refractivity contribution in [2.45, 2.75) is 45.4 Å². The SMILES string of the molecule is CC(C)(C)c1ccc2c3c4cc(cc3n(-c3ccccc3)c2c1)C(C)(C)c1cccc(c1)-c1ccccc1N(c1ccccc1-c1ccccc1)c1cccc-4c1. The van der Waals surface area contributed by atoms with Crippen molar-refractivity contribution in [3.63, 3.8) is 0 Å². The third-order valence-corrected chi connectivity index (χ3v) is 12.2. The molecule has 0 fully saturated rings. The minimum atomic E-state index is -0.312. The molecule has 0 saturated carbocycles. The standard InChI is InChI=1S/C55H46N2/c1-54(2,3)40-30-31-47-51(35-40)56(43-23-10-7-11-24-43)52-36-42-34-48(53(47)52)39-21-17-25-44(33-39)57(49-28-14-12-26-45(49)37-18-8-6-9-19-37)50-29-15-13-27-46(50)38-20-16-22-41(32-38)55(42,4)5/h6-36H,1-5H3. The number of anilines is 3. The Bertz CT molecular complexity index is 2960. The Kier molecular flexibility index (Phi) is 8.09. The molecule has 9 aromatic rings. The molecule has 0 atom stereocenters. The highest BCUT2D eigenvalue weighted by Gasteiger charge is 2.29. The van der Waals surface area contributed by atoms with Crippen molar-refractivity contribution in [2.75, 3.05) is 4.90 Å². The molecule has 8 aromatic carbocycles. The van der Waals surface area contributed by atoms with Crippen LogP contribution in [0.5, 0.6) is 0 Å². The second-order valence-corrected chi connectivity index (χ2v) is 17.1. The first-order valence-electron chi connectivity index (χ1n) is 20.1. The van der Waals surface area contributed by atoms with E-state index in [4.69, 9.17) is 0 Å². The quantitative estimate of drug-likeness (QED) is 0.175. The third kappa shape index (κ3) is 5.78. The molecule has 1 aromatic heterocycles. The monoisotopic (exact) mass is 734 g/mol. The predicted octanol–water partition coefficient (Wildman–Crippen LogP) is 15.2. The van der Waals surface area contributed by atoms with Gasteiger partial charge in [-0.15, -0.1) is 0 Å². The summed E-state index contributed by atoms with van der Waals surface area (Å²) in [4.78, 5) is 2.47. The summed E-state index contributed by atoms with van der Waals surface area (Å²) in [5, 5.41) is 2.53. The van der Waals surface area contributed by atoms with Crippen molar-refractivity contribution in [1.82, 2.24) is 4.57 Å². The molecule has 0 aliphatic carbocycles. The molecule has 1 aliphatic heterocycles. The maximum absolute atomic E-state index is 2.50. The van der Waals surface area contributed by atoms with Gasteiger partial charge in [0.15, 0.2) is 0 Å². The van der Waals surface area contributed by atoms with E-state index in [1.54, 1.807) is 0 Å². The van der Waals surface area contributed by atoms with Gasteiger partial charge in [0, 0.05) is 38.7 Å². The van der Waals surface area contributed by atoms with E-state index in [-0.39, 0.29) is 10.8 Å². The number of para-hydroxylation sites is 3. The number of hydrogen-bond donors (Lipinski definition) is 0. The zero-order chi connectivity index (χ0) is 38.9. The molecular formula is C55H46N2. The number of benzene rings is 8. The van der Waals surface area contributed by atoms with Crippen LogP contribution in [0.1, 0.15) is 51.3 Å². The molecule has 0 radical (unpaired) electrons. The fraction of sp³-hybridized carbons (Fsp3) is 0.127. The van der Waals surface area contributed by atoms with Crippen molar-refractivity contribution >= 4 is 38.9 Å². The molecular weight excluding hydrogens is 689 g/mol. The molecule has 6 bridgehead atoms. The van der Waals surface area contributed by atoms with Gasteiger partial charge in [-0.1, -0.05) is 168 Å². The van der Waals surface area contributed by atoms with Crippen molar-refractivity contribution in [1.29, 1.82) is 0 Å². The van der Waals surface area contributed by atoms with Crippen LogP contribution >= 0.6 is 0 Å². The van der Waals surface area contributed by atoms with Crippen LogP contribution in [-0.4, -0.2) is 4.57 Å². The highest BCUT2D eigenvalue weighted by Crippen LogP contribution is 2.49. The molecule has 2 nitrogen and oxygen atoms in total. The fourth-order valence-electron chi connectivity index (χ4n) is 8.96. The number of rotatable bonds is 3. The maximum Gasteiger partial charge on any atom is 0.0550 e. The zero-order valence-corrected chi connectivity index (χ0v) is 33.3. The summed E-state index contributed by atoms with van der Waals surface area (Å²) in [6, 6.07) is 69.9. The molecule has 10 rings (SSSR count). The van der Waals surface area contributed by atoms with Gasteiger partial charge in [0.2, 0.25) is 0 Å². The molecule has 0 N–H and O–H groups in total. The van der Waals surface area contributed by atoms with Crippen LogP contribution in [0.4, 0.5) is 17.1 Å². The van der Waals surface area contributed by atoms with Gasteiger partial charge in [-0.25, -0.2) is 0 Å². The summed E-state index contributed by atoms with van der Waals surface area (Å²) in [6.07, 6.45) is 0. The van der Waals surface area contributed by atoms with Gasteiger partial charge in [-0.05, 0) is 99.0 Å². The van der Waals surface area contributed by atoms with Gasteiger partial charge in [-0.3, -0.25) is 0 Å². The topological polar surface area (TPSA) is 8.17 Å². The Morgan fingerprint density at radius 1 is 0.421 bits per heavy atom. The lowest BCUT2D eigenvalue weighted by atomic mass is 9.76. The van der Waals surface area contributed by atoms with Gasteiger partial charge in [-0.2, -0.15) is 0 Å². The Labute approximate surface area is 336 Å². The molecule has 2 heteroatoms. The molecule has 0 unspecified atom stereocenters. The second-order valence-electron chi connectivity index (χ2n) is 17.1. The Balaban J connectivity index is 1.35. The van der Waals surface area contributed by atoms with Crippen LogP contribution in [-0.2, 0) is 10.8 Å². The highest BCUT2D eigenvalue weighted by atomic mass is 15.1. The maximum atomic E-state index is 2.50. The van der Waals surface area contributed by atoms with Crippen LogP contribution in [0.25, 0.3) is 60.9 Å². The minimum absolute atomic E-state index is 0.00500. The summed E-state index contributed by atoms with van der Waals surface area (Å²) in [5.41, 5.74) is 17.7. The summed E-state index contributed by atoms with van der Waals surface area (Å²) < 4.78 is 2.50. The van der Waals surface area contributed by atoms with Crippen LogP contribution in [0.15, 0.2) is 188 Å². The van der Waals surface area contributed by atoms with E-state index in [2.05, 4.69) is 232 Å². The average molecular weight is 735 g/mol. The lowest BCUT2D eigenvalue weighted by molar-refractivity contribution is 0.591. The first kappa shape index (κ1) is 34.8. The number of hydrogen-bond acceptors (Lipinski definition) is 1. The van der Waals surface area contributed by atoms with E-state index in [9.17, 15) is 0 Å². The van der Waals surface area contributed by atoms with E-state index in [1.165, 1.54) is 71.9 Å². The third-order valence-electron chi connectivity index (χ3n) is 12.2. The molecule has 0 amide bonds. The molecule has 2 heterocycles. The van der Waals surface area contributed by atoms with Gasteiger partial charge in [0.1, 0.15) is 0 Å². The Morgan fingerprint density at radius 2 is 1.00 bits per heavy atom. The zero-order valence-electron chi connectivity index (χ0n) is 33.3. The van der Waals surface area contributed by atoms with Crippen molar-refractivity contribution in [3.8, 4) is 39.1 Å². The van der Waals surface area contributed by atoms with Crippen LogP contribution in [0.2, 0.25) is 0 Å². The van der Waals surface area contributed by atoms with Crippen molar-refractivity contribution in [3.05, 3.63) is 205 Å². The first-order chi connectivity index (χ1) is 27.7. The van der Waals surface area contributed by atoms with E-state index >= 15 is 0 Å². The second kappa shape index (κ2) is 13.2. The number of fused-ring (bicyclic) bond motifs is 13. The molecule has 0 saturated heterocycles. The fourth-order valence-corrected chi connectivity index (χ4v) is 8.96. The Morgan fingerprint density at radius 3 is 1.70 bits per heavy atom. The first-order valence-corrected chi connectivity index (χ1v) is 20.1. The van der Waals surface area contributed by atoms with Gasteiger partial charge < -0.3 is 9.47 Å². The van der Waals surface area contributed by atoms with E-state index in [1.807, 2.05) is 0 Å². The average Bonchev–Trinajstić information content (AvgIpc) is 3.58. The summed E-state index contributed by atoms with van der Waals surface area (Å²) in [7, 11) is 0.